The van der Waals surface area contributed by atoms with Crippen LogP contribution in [0.1, 0.15) is 0 Å². The molecule has 2 nitrogen and oxygen atoms in total. The number of hydrogen-bond acceptors (Lipinski definition) is 1. The van der Waals surface area contributed by atoms with Crippen LogP contribution >= 0.6 is 0 Å². The van der Waals surface area contributed by atoms with E-state index >= 15 is 0 Å². The van der Waals surface area contributed by atoms with Crippen LogP contribution in [0.15, 0.2) is 97.1 Å². The van der Waals surface area contributed by atoms with Gasteiger partial charge in [0.25, 0.3) is 0 Å². The molecule has 1 N–H and O–H groups in total. The maximum atomic E-state index is 3.64. The SMILES string of the molecule is Bc1c(B)c(B)c(-c2ccc(Nc3ccc4c(c3)c3ccccc3n4-c3ccccc3)cc2)c(B)c1B. The normalized spacial score (nSPS) is 11.2. The molecule has 0 spiro atoms. The van der Waals surface area contributed by atoms with Crippen molar-refractivity contribution in [3.05, 3.63) is 97.1 Å². The summed E-state index contributed by atoms with van der Waals surface area (Å²) in [6.07, 6.45) is 0. The molecule has 0 saturated heterocycles. The molecule has 0 bridgehead atoms. The predicted octanol–water partition coefficient (Wildman–Crippen LogP) is -0.514. The molecular formula is C30H27B5N2. The van der Waals surface area contributed by atoms with Crippen molar-refractivity contribution in [2.75, 3.05) is 5.32 Å². The van der Waals surface area contributed by atoms with E-state index in [9.17, 15) is 0 Å². The summed E-state index contributed by atoms with van der Waals surface area (Å²) in [7, 11) is 11.2. The topological polar surface area (TPSA) is 17.0 Å². The van der Waals surface area contributed by atoms with Crippen LogP contribution < -0.4 is 32.6 Å². The quantitative estimate of drug-likeness (QED) is 0.344. The molecule has 6 aromatic rings. The Bertz CT molecular complexity index is 1760. The number of rotatable bonds is 4. The lowest BCUT2D eigenvalue weighted by molar-refractivity contribution is 1.18. The maximum Gasteiger partial charge on any atom is 0.139 e. The van der Waals surface area contributed by atoms with Crippen LogP contribution in [0.4, 0.5) is 11.4 Å². The molecule has 172 valence electrons. The van der Waals surface area contributed by atoms with Crippen LogP contribution in [-0.4, -0.2) is 43.8 Å². The van der Waals surface area contributed by atoms with E-state index in [1.807, 2.05) is 0 Å². The third kappa shape index (κ3) is 3.90. The molecule has 1 aromatic heterocycles. The fraction of sp³-hybridized carbons (Fsp3) is 0. The van der Waals surface area contributed by atoms with Gasteiger partial charge in [0.1, 0.15) is 39.2 Å². The summed E-state index contributed by atoms with van der Waals surface area (Å²) in [6, 6.07) is 34.8. The molecule has 0 unspecified atom stereocenters. The summed E-state index contributed by atoms with van der Waals surface area (Å²) in [6.45, 7) is 0. The highest BCUT2D eigenvalue weighted by Crippen LogP contribution is 2.34. The summed E-state index contributed by atoms with van der Waals surface area (Å²) in [5.74, 6) is 0. The molecule has 1 heterocycles. The molecule has 0 aliphatic rings. The third-order valence-corrected chi connectivity index (χ3v) is 8.15. The monoisotopic (exact) mass is 470 g/mol. The van der Waals surface area contributed by atoms with Gasteiger partial charge in [-0.3, -0.25) is 0 Å². The first-order chi connectivity index (χ1) is 17.9. The van der Waals surface area contributed by atoms with Crippen LogP contribution in [0, 0.1) is 0 Å². The van der Waals surface area contributed by atoms with Gasteiger partial charge in [0.05, 0.1) is 11.0 Å². The number of hydrogen-bond donors (Lipinski definition) is 1. The van der Waals surface area contributed by atoms with Crippen LogP contribution in [0.25, 0.3) is 38.6 Å². The number of aromatic nitrogens is 1. The van der Waals surface area contributed by atoms with E-state index in [-0.39, 0.29) is 0 Å². The molecule has 37 heavy (non-hydrogen) atoms. The predicted molar refractivity (Wildman–Crippen MR) is 177 cm³/mol. The fourth-order valence-corrected chi connectivity index (χ4v) is 5.73. The maximum absolute atomic E-state index is 3.64. The molecule has 0 aliphatic heterocycles. The van der Waals surface area contributed by atoms with E-state index in [2.05, 4.69) is 146 Å². The molecule has 6 rings (SSSR count). The zero-order chi connectivity index (χ0) is 25.7. The van der Waals surface area contributed by atoms with Gasteiger partial charge in [-0.25, -0.2) is 0 Å². The lowest BCUT2D eigenvalue weighted by atomic mass is 9.60. The van der Waals surface area contributed by atoms with Crippen LogP contribution in [-0.2, 0) is 0 Å². The Labute approximate surface area is 223 Å². The Morgan fingerprint density at radius 1 is 0.486 bits per heavy atom. The second kappa shape index (κ2) is 9.16. The number of para-hydroxylation sites is 2. The third-order valence-electron chi connectivity index (χ3n) is 8.15. The van der Waals surface area contributed by atoms with E-state index in [1.54, 1.807) is 0 Å². The molecule has 0 saturated carbocycles. The summed E-state index contributed by atoms with van der Waals surface area (Å²) in [5, 5.41) is 6.15. The molecule has 0 atom stereocenters. The second-order valence-corrected chi connectivity index (χ2v) is 10.1. The Hall–Kier alpha value is -3.98. The van der Waals surface area contributed by atoms with Gasteiger partial charge >= 0.3 is 0 Å². The highest BCUT2D eigenvalue weighted by molar-refractivity contribution is 6.68. The average Bonchev–Trinajstić information content (AvgIpc) is 3.26. The lowest BCUT2D eigenvalue weighted by Crippen LogP contribution is -2.55. The Morgan fingerprint density at radius 3 is 1.76 bits per heavy atom. The largest absolute Gasteiger partial charge is 0.356 e. The van der Waals surface area contributed by atoms with Gasteiger partial charge in [-0.05, 0) is 59.7 Å². The van der Waals surface area contributed by atoms with Crippen molar-refractivity contribution in [1.29, 1.82) is 0 Å². The van der Waals surface area contributed by atoms with Gasteiger partial charge in [-0.2, -0.15) is 0 Å². The number of nitrogens with zero attached hydrogens (tertiary/aromatic N) is 1. The lowest BCUT2D eigenvalue weighted by Gasteiger charge is -2.20. The zero-order valence-corrected chi connectivity index (χ0v) is 22.2. The van der Waals surface area contributed by atoms with Crippen molar-refractivity contribution in [2.45, 2.75) is 0 Å². The average molecular weight is 470 g/mol. The summed E-state index contributed by atoms with van der Waals surface area (Å²) >= 11 is 0. The Morgan fingerprint density at radius 2 is 1.05 bits per heavy atom. The minimum atomic E-state index is 1.09. The molecule has 0 fully saturated rings. The minimum Gasteiger partial charge on any atom is -0.356 e. The van der Waals surface area contributed by atoms with Crippen molar-refractivity contribution in [3.8, 4) is 16.8 Å². The molecular weight excluding hydrogens is 442 g/mol. The zero-order valence-electron chi connectivity index (χ0n) is 22.2. The molecule has 7 heteroatoms. The van der Waals surface area contributed by atoms with Gasteiger partial charge in [0.15, 0.2) is 0 Å². The second-order valence-electron chi connectivity index (χ2n) is 10.1. The first-order valence-electron chi connectivity index (χ1n) is 13.0. The van der Waals surface area contributed by atoms with E-state index in [0.717, 1.165) is 11.4 Å². The van der Waals surface area contributed by atoms with Gasteiger partial charge in [0.2, 0.25) is 0 Å². The molecule has 5 aromatic carbocycles. The standard InChI is InChI=1S/C30H27B5N2/c31-26-25(27(32)29(34)30(35)28(26)33)17-10-12-18(13-11-17)36-19-14-15-24-22(16-19)21-8-4-5-9-23(21)37(24)20-6-2-1-3-7-20/h1-16,36H,31-35H2. The fourth-order valence-electron chi connectivity index (χ4n) is 5.73. The minimum absolute atomic E-state index is 1.09. The number of benzene rings is 5. The number of fused-ring (bicyclic) bond motifs is 3. The molecule has 0 amide bonds. The van der Waals surface area contributed by atoms with Gasteiger partial charge in [0, 0.05) is 27.8 Å². The van der Waals surface area contributed by atoms with Crippen molar-refractivity contribution in [3.63, 3.8) is 0 Å². The van der Waals surface area contributed by atoms with Gasteiger partial charge < -0.3 is 9.88 Å². The summed E-state index contributed by atoms with van der Waals surface area (Å²) < 4.78 is 2.35. The molecule has 0 aliphatic carbocycles. The van der Waals surface area contributed by atoms with Crippen molar-refractivity contribution in [2.24, 2.45) is 0 Å². The smallest absolute Gasteiger partial charge is 0.139 e. The first-order valence-corrected chi connectivity index (χ1v) is 13.0. The van der Waals surface area contributed by atoms with Crippen LogP contribution in [0.3, 0.4) is 0 Å². The van der Waals surface area contributed by atoms with Crippen LogP contribution in [0.5, 0.6) is 0 Å². The molecule has 0 radical (unpaired) electrons. The van der Waals surface area contributed by atoms with Crippen molar-refractivity contribution in [1.82, 2.24) is 4.57 Å². The van der Waals surface area contributed by atoms with E-state index < -0.39 is 0 Å². The van der Waals surface area contributed by atoms with Gasteiger partial charge in [-0.15, -0.1) is 16.4 Å². The van der Waals surface area contributed by atoms with Crippen molar-refractivity contribution < 1.29 is 0 Å². The summed E-state index contributed by atoms with van der Waals surface area (Å²) in [5.41, 5.74) is 15.4. The highest BCUT2D eigenvalue weighted by Gasteiger charge is 2.14. The number of anilines is 2. The van der Waals surface area contributed by atoms with Crippen LogP contribution in [0.2, 0.25) is 0 Å². The van der Waals surface area contributed by atoms with E-state index in [4.69, 9.17) is 0 Å². The van der Waals surface area contributed by atoms with E-state index in [0.29, 0.717) is 0 Å². The van der Waals surface area contributed by atoms with E-state index in [1.165, 1.54) is 65.9 Å². The van der Waals surface area contributed by atoms with Crippen molar-refractivity contribution >= 4 is 99.7 Å². The van der Waals surface area contributed by atoms with Gasteiger partial charge in [-0.1, -0.05) is 59.5 Å². The summed E-state index contributed by atoms with van der Waals surface area (Å²) in [4.78, 5) is 0. The Kier molecular flexibility index (Phi) is 5.80. The Balaban J connectivity index is 1.38. The highest BCUT2D eigenvalue weighted by atomic mass is 15.0. The first kappa shape index (κ1) is 23.4. The number of nitrogens with one attached hydrogen (secondary N) is 1.